The van der Waals surface area contributed by atoms with Crippen LogP contribution in [0.5, 0.6) is 0 Å². The van der Waals surface area contributed by atoms with Crippen molar-refractivity contribution in [1.82, 2.24) is 9.97 Å². The zero-order chi connectivity index (χ0) is 13.4. The maximum absolute atomic E-state index is 6.02. The van der Waals surface area contributed by atoms with Crippen molar-refractivity contribution in [3.63, 3.8) is 0 Å². The Balaban J connectivity index is 2.15. The van der Waals surface area contributed by atoms with Crippen LogP contribution in [0.3, 0.4) is 0 Å². The van der Waals surface area contributed by atoms with Gasteiger partial charge in [0.25, 0.3) is 5.22 Å². The van der Waals surface area contributed by atoms with E-state index in [0.717, 1.165) is 26.0 Å². The molecule has 0 saturated heterocycles. The summed E-state index contributed by atoms with van der Waals surface area (Å²) in [6, 6.07) is 5.90. The van der Waals surface area contributed by atoms with Crippen molar-refractivity contribution in [1.29, 1.82) is 0 Å². The first-order valence-corrected chi connectivity index (χ1v) is 7.18. The number of anilines is 1. The van der Waals surface area contributed by atoms with Crippen molar-refractivity contribution in [3.8, 4) is 0 Å². The highest BCUT2D eigenvalue weighted by Crippen LogP contribution is 2.37. The Morgan fingerprint density at radius 3 is 2.95 bits per heavy atom. The number of benzene rings is 1. The molecular formula is C13H10BrN3OS. The van der Waals surface area contributed by atoms with E-state index in [1.54, 1.807) is 12.5 Å². The van der Waals surface area contributed by atoms with Gasteiger partial charge in [-0.15, -0.1) is 0 Å². The highest BCUT2D eigenvalue weighted by atomic mass is 79.9. The number of halogens is 1. The second kappa shape index (κ2) is 4.86. The predicted molar refractivity (Wildman–Crippen MR) is 79.2 cm³/mol. The van der Waals surface area contributed by atoms with Crippen LogP contribution in [0.25, 0.3) is 10.9 Å². The third-order valence-electron chi connectivity index (χ3n) is 2.60. The van der Waals surface area contributed by atoms with Crippen molar-refractivity contribution >= 4 is 44.3 Å². The molecule has 96 valence electrons. The molecule has 0 bridgehead atoms. The predicted octanol–water partition coefficient (Wildman–Crippen LogP) is 4.03. The van der Waals surface area contributed by atoms with Gasteiger partial charge in [-0.25, -0.2) is 4.98 Å². The lowest BCUT2D eigenvalue weighted by Crippen LogP contribution is -1.92. The molecule has 2 heterocycles. The summed E-state index contributed by atoms with van der Waals surface area (Å²) in [7, 11) is 0. The first-order valence-electron chi connectivity index (χ1n) is 5.57. The second-order valence-corrected chi connectivity index (χ2v) is 5.94. The number of fused-ring (bicyclic) bond motifs is 1. The van der Waals surface area contributed by atoms with E-state index >= 15 is 0 Å². The summed E-state index contributed by atoms with van der Waals surface area (Å²) in [6.07, 6.45) is 3.28. The zero-order valence-electron chi connectivity index (χ0n) is 10.1. The maximum Gasteiger partial charge on any atom is 0.260 e. The molecular weight excluding hydrogens is 326 g/mol. The monoisotopic (exact) mass is 335 g/mol. The molecule has 0 aliphatic heterocycles. The minimum atomic E-state index is 0.580. The summed E-state index contributed by atoms with van der Waals surface area (Å²) in [6.45, 7) is 1.89. The molecule has 0 aliphatic rings. The van der Waals surface area contributed by atoms with Gasteiger partial charge in [-0.1, -0.05) is 15.9 Å². The number of hydrogen-bond donors (Lipinski definition) is 1. The molecule has 2 aromatic heterocycles. The number of nitrogens with two attached hydrogens (primary N) is 1. The molecule has 19 heavy (non-hydrogen) atoms. The van der Waals surface area contributed by atoms with Crippen molar-refractivity contribution in [2.45, 2.75) is 17.0 Å². The first-order chi connectivity index (χ1) is 9.13. The Kier molecular flexibility index (Phi) is 3.20. The van der Waals surface area contributed by atoms with E-state index in [2.05, 4.69) is 25.9 Å². The summed E-state index contributed by atoms with van der Waals surface area (Å²) in [4.78, 5) is 9.51. The molecule has 1 aromatic carbocycles. The fourth-order valence-electron chi connectivity index (χ4n) is 1.74. The van der Waals surface area contributed by atoms with Gasteiger partial charge in [0.2, 0.25) is 0 Å². The highest BCUT2D eigenvalue weighted by Gasteiger charge is 2.12. The fraction of sp³-hybridized carbons (Fsp3) is 0.0769. The van der Waals surface area contributed by atoms with Gasteiger partial charge in [0.1, 0.15) is 6.26 Å². The molecule has 0 radical (unpaired) electrons. The smallest absolute Gasteiger partial charge is 0.260 e. The van der Waals surface area contributed by atoms with Gasteiger partial charge in [-0.2, -0.15) is 0 Å². The van der Waals surface area contributed by atoms with Crippen molar-refractivity contribution < 1.29 is 4.42 Å². The minimum absolute atomic E-state index is 0.580. The average Bonchev–Trinajstić information content (AvgIpc) is 2.79. The molecule has 3 rings (SSSR count). The SMILES string of the molecule is Cc1coc(Sc2c(N)cnc3ccc(Br)cc23)n1. The van der Waals surface area contributed by atoms with Crippen LogP contribution >= 0.6 is 27.7 Å². The summed E-state index contributed by atoms with van der Waals surface area (Å²) < 4.78 is 6.35. The molecule has 0 atom stereocenters. The third-order valence-corrected chi connectivity index (χ3v) is 4.11. The normalized spacial score (nSPS) is 11.1. The summed E-state index contributed by atoms with van der Waals surface area (Å²) >= 11 is 4.87. The van der Waals surface area contributed by atoms with Gasteiger partial charge < -0.3 is 10.2 Å². The number of oxazole rings is 1. The van der Waals surface area contributed by atoms with E-state index in [1.807, 2.05) is 25.1 Å². The number of aryl methyl sites for hydroxylation is 1. The number of nitrogens with zero attached hydrogens (tertiary/aromatic N) is 2. The molecule has 0 saturated carbocycles. The van der Waals surface area contributed by atoms with Crippen molar-refractivity contribution in [2.24, 2.45) is 0 Å². The van der Waals surface area contributed by atoms with Crippen LogP contribution in [-0.2, 0) is 0 Å². The summed E-state index contributed by atoms with van der Waals surface area (Å²) in [5.74, 6) is 0. The molecule has 0 spiro atoms. The lowest BCUT2D eigenvalue weighted by Gasteiger charge is -2.07. The molecule has 0 fully saturated rings. The molecule has 3 aromatic rings. The van der Waals surface area contributed by atoms with Gasteiger partial charge in [-0.05, 0) is 36.9 Å². The lowest BCUT2D eigenvalue weighted by atomic mass is 10.2. The van der Waals surface area contributed by atoms with Gasteiger partial charge in [-0.3, -0.25) is 4.98 Å². The number of rotatable bonds is 2. The van der Waals surface area contributed by atoms with E-state index in [1.165, 1.54) is 11.8 Å². The molecule has 6 heteroatoms. The quantitative estimate of drug-likeness (QED) is 0.765. The number of aromatic nitrogens is 2. The molecule has 2 N–H and O–H groups in total. The Morgan fingerprint density at radius 2 is 2.21 bits per heavy atom. The number of pyridine rings is 1. The molecule has 0 unspecified atom stereocenters. The topological polar surface area (TPSA) is 64.9 Å². The van der Waals surface area contributed by atoms with Crippen LogP contribution in [-0.4, -0.2) is 9.97 Å². The van der Waals surface area contributed by atoms with Crippen LogP contribution in [0, 0.1) is 6.92 Å². The Morgan fingerprint density at radius 1 is 1.37 bits per heavy atom. The van der Waals surface area contributed by atoms with E-state index in [-0.39, 0.29) is 0 Å². The number of nitrogen functional groups attached to an aromatic ring is 1. The molecule has 0 amide bonds. The Hall–Kier alpha value is -1.53. The van der Waals surface area contributed by atoms with Crippen LogP contribution < -0.4 is 5.73 Å². The second-order valence-electron chi connectivity index (χ2n) is 4.06. The standard InChI is InChI=1S/C13H10BrN3OS/c1-7-6-18-13(17-7)19-12-9-4-8(14)2-3-11(9)16-5-10(12)15/h2-6H,15H2,1H3. The number of hydrogen-bond acceptors (Lipinski definition) is 5. The van der Waals surface area contributed by atoms with E-state index in [4.69, 9.17) is 10.2 Å². The van der Waals surface area contributed by atoms with E-state index in [9.17, 15) is 0 Å². The zero-order valence-corrected chi connectivity index (χ0v) is 12.5. The minimum Gasteiger partial charge on any atom is -0.439 e. The van der Waals surface area contributed by atoms with Gasteiger partial charge in [0.05, 0.1) is 28.0 Å². The Labute approximate surface area is 122 Å². The molecule has 4 nitrogen and oxygen atoms in total. The van der Waals surface area contributed by atoms with Crippen LogP contribution in [0.4, 0.5) is 5.69 Å². The largest absolute Gasteiger partial charge is 0.439 e. The first kappa shape index (κ1) is 12.5. The average molecular weight is 336 g/mol. The maximum atomic E-state index is 6.02. The third kappa shape index (κ3) is 2.46. The van der Waals surface area contributed by atoms with Gasteiger partial charge in [0.15, 0.2) is 0 Å². The van der Waals surface area contributed by atoms with Crippen LogP contribution in [0.2, 0.25) is 0 Å². The summed E-state index contributed by atoms with van der Waals surface area (Å²) in [5.41, 5.74) is 8.38. The van der Waals surface area contributed by atoms with Crippen LogP contribution in [0.1, 0.15) is 5.69 Å². The van der Waals surface area contributed by atoms with E-state index in [0.29, 0.717) is 10.9 Å². The highest BCUT2D eigenvalue weighted by molar-refractivity contribution is 9.10. The van der Waals surface area contributed by atoms with E-state index < -0.39 is 0 Å². The summed E-state index contributed by atoms with van der Waals surface area (Å²) in [5, 5.41) is 1.56. The lowest BCUT2D eigenvalue weighted by molar-refractivity contribution is 0.454. The Bertz CT molecular complexity index is 751. The van der Waals surface area contributed by atoms with Gasteiger partial charge >= 0.3 is 0 Å². The van der Waals surface area contributed by atoms with Gasteiger partial charge in [0, 0.05) is 9.86 Å². The molecule has 0 aliphatic carbocycles. The van der Waals surface area contributed by atoms with Crippen molar-refractivity contribution in [3.05, 3.63) is 40.8 Å². The fourth-order valence-corrected chi connectivity index (χ4v) is 3.00. The van der Waals surface area contributed by atoms with Crippen molar-refractivity contribution in [2.75, 3.05) is 5.73 Å². The van der Waals surface area contributed by atoms with Crippen LogP contribution in [0.15, 0.2) is 49.7 Å².